The average Bonchev–Trinajstić information content (AvgIpc) is 2.55. The lowest BCUT2D eigenvalue weighted by Crippen LogP contribution is -2.08. The minimum Gasteiger partial charge on any atom is -0.388 e. The average molecular weight is 341 g/mol. The molecule has 0 aromatic heterocycles. The van der Waals surface area contributed by atoms with Crippen LogP contribution in [-0.2, 0) is 0 Å². The maximum Gasteiger partial charge on any atom is 0.0861 e. The van der Waals surface area contributed by atoms with Crippen molar-refractivity contribution in [3.8, 4) is 0 Å². The van der Waals surface area contributed by atoms with Crippen LogP contribution in [0.25, 0.3) is 10.8 Å². The van der Waals surface area contributed by atoms with Gasteiger partial charge in [0, 0.05) is 10.4 Å². The molecule has 3 rings (SSSR count). The number of aliphatic hydroxyl groups is 1. The molecule has 0 radical (unpaired) electrons. The Morgan fingerprint density at radius 1 is 0.810 bits per heavy atom. The third kappa shape index (κ3) is 2.74. The van der Waals surface area contributed by atoms with Crippen molar-refractivity contribution in [1.82, 2.24) is 0 Å². The summed E-state index contributed by atoms with van der Waals surface area (Å²) < 4.78 is 1.06. The van der Waals surface area contributed by atoms with Gasteiger partial charge < -0.3 is 5.11 Å². The molecule has 0 saturated heterocycles. The highest BCUT2D eigenvalue weighted by atomic mass is 79.9. The Morgan fingerprint density at radius 2 is 1.43 bits per heavy atom. The van der Waals surface area contributed by atoms with Crippen molar-refractivity contribution in [3.05, 3.63) is 82.3 Å². The van der Waals surface area contributed by atoms with Gasteiger partial charge in [0.25, 0.3) is 0 Å². The predicted octanol–water partition coefficient (Wildman–Crippen LogP) is 5.44. The summed E-state index contributed by atoms with van der Waals surface area (Å²) in [6, 6.07) is 22.3. The summed E-state index contributed by atoms with van der Waals surface area (Å²) in [6.45, 7) is 2.07. The van der Waals surface area contributed by atoms with E-state index in [-0.39, 0.29) is 5.92 Å². The number of rotatable bonds is 3. The van der Waals surface area contributed by atoms with E-state index in [4.69, 9.17) is 0 Å². The summed E-state index contributed by atoms with van der Waals surface area (Å²) in [5, 5.41) is 13.0. The van der Waals surface area contributed by atoms with E-state index in [1.54, 1.807) is 0 Å². The van der Waals surface area contributed by atoms with Crippen LogP contribution < -0.4 is 0 Å². The first-order valence-corrected chi connectivity index (χ1v) is 7.88. The standard InChI is InChI=1S/C19H17BrO/c1-13(14-7-3-2-4-8-14)19(21)17-11-12-18(20)16-10-6-5-9-15(16)17/h2-13,19,21H,1H3. The molecular formula is C19H17BrO. The van der Waals surface area contributed by atoms with Crippen LogP contribution in [0.15, 0.2) is 71.2 Å². The van der Waals surface area contributed by atoms with Crippen molar-refractivity contribution in [2.45, 2.75) is 18.9 Å². The summed E-state index contributed by atoms with van der Waals surface area (Å²) >= 11 is 3.58. The molecule has 0 spiro atoms. The van der Waals surface area contributed by atoms with Gasteiger partial charge in [-0.05, 0) is 28.0 Å². The largest absolute Gasteiger partial charge is 0.388 e. The van der Waals surface area contributed by atoms with Crippen LogP contribution in [0.3, 0.4) is 0 Å². The topological polar surface area (TPSA) is 20.2 Å². The number of fused-ring (bicyclic) bond motifs is 1. The third-order valence-corrected chi connectivity index (χ3v) is 4.71. The number of hydrogen-bond donors (Lipinski definition) is 1. The lowest BCUT2D eigenvalue weighted by atomic mass is 9.88. The number of halogens is 1. The highest BCUT2D eigenvalue weighted by Gasteiger charge is 2.20. The molecule has 0 aliphatic rings. The minimum absolute atomic E-state index is 0.0516. The molecule has 0 heterocycles. The van der Waals surface area contributed by atoms with Gasteiger partial charge >= 0.3 is 0 Å². The molecule has 1 nitrogen and oxygen atoms in total. The summed E-state index contributed by atoms with van der Waals surface area (Å²) in [4.78, 5) is 0. The molecule has 0 saturated carbocycles. The SMILES string of the molecule is CC(c1ccccc1)C(O)c1ccc(Br)c2ccccc12. The first-order valence-electron chi connectivity index (χ1n) is 7.08. The van der Waals surface area contributed by atoms with E-state index in [9.17, 15) is 5.11 Å². The van der Waals surface area contributed by atoms with Crippen LogP contribution in [-0.4, -0.2) is 5.11 Å². The second kappa shape index (κ2) is 6.00. The summed E-state index contributed by atoms with van der Waals surface area (Å²) in [7, 11) is 0. The highest BCUT2D eigenvalue weighted by molar-refractivity contribution is 9.10. The fourth-order valence-corrected chi connectivity index (χ4v) is 3.23. The first kappa shape index (κ1) is 14.3. The maximum absolute atomic E-state index is 10.8. The quantitative estimate of drug-likeness (QED) is 0.673. The fraction of sp³-hybridized carbons (Fsp3) is 0.158. The summed E-state index contributed by atoms with van der Waals surface area (Å²) in [5.74, 6) is 0.0516. The van der Waals surface area contributed by atoms with Crippen molar-refractivity contribution in [2.75, 3.05) is 0 Å². The smallest absolute Gasteiger partial charge is 0.0861 e. The Hall–Kier alpha value is -1.64. The molecule has 0 aliphatic carbocycles. The molecule has 0 aliphatic heterocycles. The van der Waals surface area contributed by atoms with E-state index >= 15 is 0 Å². The second-order valence-corrected chi connectivity index (χ2v) is 6.18. The van der Waals surface area contributed by atoms with Gasteiger partial charge in [0.1, 0.15) is 0 Å². The van der Waals surface area contributed by atoms with Gasteiger partial charge in [0.05, 0.1) is 6.10 Å². The predicted molar refractivity (Wildman–Crippen MR) is 91.5 cm³/mol. The lowest BCUT2D eigenvalue weighted by molar-refractivity contribution is 0.153. The highest BCUT2D eigenvalue weighted by Crippen LogP contribution is 2.36. The fourth-order valence-electron chi connectivity index (χ4n) is 2.75. The Morgan fingerprint density at radius 3 is 2.14 bits per heavy atom. The van der Waals surface area contributed by atoms with Crippen molar-refractivity contribution < 1.29 is 5.11 Å². The van der Waals surface area contributed by atoms with Crippen molar-refractivity contribution in [2.24, 2.45) is 0 Å². The van der Waals surface area contributed by atoms with Crippen LogP contribution >= 0.6 is 15.9 Å². The maximum atomic E-state index is 10.8. The molecule has 2 atom stereocenters. The van der Waals surface area contributed by atoms with E-state index in [0.29, 0.717) is 0 Å². The van der Waals surface area contributed by atoms with E-state index in [2.05, 4.69) is 47.1 Å². The number of benzene rings is 3. The van der Waals surface area contributed by atoms with Crippen molar-refractivity contribution >= 4 is 26.7 Å². The van der Waals surface area contributed by atoms with Gasteiger partial charge in [-0.15, -0.1) is 0 Å². The monoisotopic (exact) mass is 340 g/mol. The van der Waals surface area contributed by atoms with Crippen LogP contribution in [0.2, 0.25) is 0 Å². The van der Waals surface area contributed by atoms with E-state index in [1.807, 2.05) is 42.5 Å². The molecular weight excluding hydrogens is 324 g/mol. The molecule has 1 N–H and O–H groups in total. The van der Waals surface area contributed by atoms with Crippen LogP contribution in [0, 0.1) is 0 Å². The molecule has 2 heteroatoms. The van der Waals surface area contributed by atoms with E-state index in [1.165, 1.54) is 0 Å². The zero-order valence-corrected chi connectivity index (χ0v) is 13.4. The molecule has 2 unspecified atom stereocenters. The van der Waals surface area contributed by atoms with Crippen molar-refractivity contribution in [1.29, 1.82) is 0 Å². The Kier molecular flexibility index (Phi) is 4.09. The number of hydrogen-bond acceptors (Lipinski definition) is 1. The third-order valence-electron chi connectivity index (χ3n) is 4.02. The van der Waals surface area contributed by atoms with Gasteiger partial charge in [-0.25, -0.2) is 0 Å². The Bertz CT molecular complexity index is 752. The molecule has 0 fully saturated rings. The van der Waals surface area contributed by atoms with Crippen LogP contribution in [0.1, 0.15) is 30.1 Å². The zero-order valence-electron chi connectivity index (χ0n) is 11.8. The lowest BCUT2D eigenvalue weighted by Gasteiger charge is -2.21. The second-order valence-electron chi connectivity index (χ2n) is 5.33. The Labute approximate surface area is 133 Å². The van der Waals surface area contributed by atoms with Crippen molar-refractivity contribution in [3.63, 3.8) is 0 Å². The zero-order chi connectivity index (χ0) is 14.8. The molecule has 0 amide bonds. The van der Waals surface area contributed by atoms with Gasteiger partial charge in [-0.3, -0.25) is 0 Å². The van der Waals surface area contributed by atoms with E-state index in [0.717, 1.165) is 26.4 Å². The number of aliphatic hydroxyl groups excluding tert-OH is 1. The van der Waals surface area contributed by atoms with E-state index < -0.39 is 6.10 Å². The summed E-state index contributed by atoms with van der Waals surface area (Å²) in [5.41, 5.74) is 2.13. The van der Waals surface area contributed by atoms with Crippen LogP contribution in [0.5, 0.6) is 0 Å². The van der Waals surface area contributed by atoms with Gasteiger partial charge in [0.15, 0.2) is 0 Å². The summed E-state index contributed by atoms with van der Waals surface area (Å²) in [6.07, 6.45) is -0.523. The van der Waals surface area contributed by atoms with Crippen LogP contribution in [0.4, 0.5) is 0 Å². The molecule has 3 aromatic rings. The Balaban J connectivity index is 2.06. The molecule has 106 valence electrons. The molecule has 3 aromatic carbocycles. The molecule has 0 bridgehead atoms. The first-order chi connectivity index (χ1) is 10.2. The van der Waals surface area contributed by atoms with Gasteiger partial charge in [-0.2, -0.15) is 0 Å². The minimum atomic E-state index is -0.523. The van der Waals surface area contributed by atoms with Gasteiger partial charge in [-0.1, -0.05) is 83.5 Å². The normalized spacial score (nSPS) is 14.0. The molecule has 21 heavy (non-hydrogen) atoms. The van der Waals surface area contributed by atoms with Gasteiger partial charge in [0.2, 0.25) is 0 Å².